The summed E-state index contributed by atoms with van der Waals surface area (Å²) in [5, 5.41) is 16.3. The summed E-state index contributed by atoms with van der Waals surface area (Å²) in [6, 6.07) is 18.5. The monoisotopic (exact) mass is 509 g/mol. The minimum absolute atomic E-state index is 0.111. The quantitative estimate of drug-likeness (QED) is 0.162. The maximum absolute atomic E-state index is 11.0. The highest BCUT2D eigenvalue weighted by Crippen LogP contribution is 2.34. The predicted octanol–water partition coefficient (Wildman–Crippen LogP) is 5.72. The molecular formula is C28H36N3O4P. The van der Waals surface area contributed by atoms with Crippen molar-refractivity contribution in [3.05, 3.63) is 77.0 Å². The molecule has 3 aromatic rings. The number of nitrogens with one attached hydrogen (secondary N) is 2. The van der Waals surface area contributed by atoms with Gasteiger partial charge >= 0.3 is 7.60 Å². The molecule has 0 aliphatic rings. The minimum Gasteiger partial charge on any atom is -0.464 e. The molecule has 1 heterocycles. The lowest BCUT2D eigenvalue weighted by Crippen LogP contribution is -2.16. The van der Waals surface area contributed by atoms with E-state index in [-0.39, 0.29) is 6.16 Å². The van der Waals surface area contributed by atoms with Crippen LogP contribution in [0.5, 0.6) is 0 Å². The summed E-state index contributed by atoms with van der Waals surface area (Å²) in [6.45, 7) is 6.24. The Bertz CT molecular complexity index is 1200. The summed E-state index contributed by atoms with van der Waals surface area (Å²) in [7, 11) is -3.95. The number of furan rings is 1. The van der Waals surface area contributed by atoms with Gasteiger partial charge in [0.1, 0.15) is 5.76 Å². The van der Waals surface area contributed by atoms with E-state index in [1.807, 2.05) is 30.3 Å². The molecule has 8 heteroatoms. The SMILES string of the molecule is CC(C)Cc1ccc(CCCNc2ccc(CNCCCP(=O)(O)O)cc2-c2ccco2)cc1C#N. The maximum atomic E-state index is 11.0. The van der Waals surface area contributed by atoms with Crippen molar-refractivity contribution in [1.82, 2.24) is 5.32 Å². The second-order valence-electron chi connectivity index (χ2n) is 9.51. The molecule has 0 saturated heterocycles. The van der Waals surface area contributed by atoms with Gasteiger partial charge < -0.3 is 24.8 Å². The Morgan fingerprint density at radius 2 is 1.86 bits per heavy atom. The molecule has 4 N–H and O–H groups in total. The van der Waals surface area contributed by atoms with Gasteiger partial charge in [-0.05, 0) is 85.2 Å². The molecule has 2 aromatic carbocycles. The maximum Gasteiger partial charge on any atom is 0.325 e. The van der Waals surface area contributed by atoms with Crippen molar-refractivity contribution in [3.8, 4) is 17.4 Å². The third-order valence-electron chi connectivity index (χ3n) is 5.88. The van der Waals surface area contributed by atoms with Gasteiger partial charge in [0.05, 0.1) is 24.1 Å². The Morgan fingerprint density at radius 3 is 2.56 bits per heavy atom. The van der Waals surface area contributed by atoms with Gasteiger partial charge in [-0.25, -0.2) is 0 Å². The number of rotatable bonds is 14. The van der Waals surface area contributed by atoms with E-state index in [0.29, 0.717) is 25.4 Å². The standard InChI is InChI=1S/C28H36N3O4P/c1-21(2)16-24-10-8-22(17-25(24)19-29)6-3-13-31-27-11-9-23(18-26(27)28-7-4-14-35-28)20-30-12-5-15-36(32,33)34/h4,7-11,14,17-18,21,30-31H,3,5-6,12-13,15-16,20H2,1-2H3,(H2,32,33,34). The Balaban J connectivity index is 1.57. The van der Waals surface area contributed by atoms with E-state index in [2.05, 4.69) is 48.7 Å². The second-order valence-corrected chi connectivity index (χ2v) is 11.3. The van der Waals surface area contributed by atoms with E-state index in [0.717, 1.165) is 59.5 Å². The zero-order valence-corrected chi connectivity index (χ0v) is 21.9. The molecule has 0 radical (unpaired) electrons. The van der Waals surface area contributed by atoms with E-state index in [1.54, 1.807) is 6.26 Å². The van der Waals surface area contributed by atoms with Gasteiger partial charge in [0.25, 0.3) is 0 Å². The van der Waals surface area contributed by atoms with Crippen LogP contribution in [-0.2, 0) is 24.0 Å². The predicted molar refractivity (Wildman–Crippen MR) is 144 cm³/mol. The molecule has 0 aliphatic carbocycles. The van der Waals surface area contributed by atoms with Crippen molar-refractivity contribution in [3.63, 3.8) is 0 Å². The smallest absolute Gasteiger partial charge is 0.325 e. The number of anilines is 1. The summed E-state index contributed by atoms with van der Waals surface area (Å²) < 4.78 is 16.6. The zero-order valence-electron chi connectivity index (χ0n) is 21.0. The fraction of sp³-hybridized carbons (Fsp3) is 0.393. The second kappa shape index (κ2) is 13.4. The first-order valence-corrected chi connectivity index (χ1v) is 14.2. The molecule has 36 heavy (non-hydrogen) atoms. The fourth-order valence-corrected chi connectivity index (χ4v) is 4.72. The Kier molecular flexibility index (Phi) is 10.3. The molecule has 1 aromatic heterocycles. The van der Waals surface area contributed by atoms with E-state index < -0.39 is 7.60 Å². The molecule has 0 bridgehead atoms. The van der Waals surface area contributed by atoms with Crippen LogP contribution in [0, 0.1) is 17.2 Å². The lowest BCUT2D eigenvalue weighted by molar-refractivity contribution is 0.371. The number of hydrogen-bond donors (Lipinski definition) is 4. The molecule has 0 atom stereocenters. The third-order valence-corrected chi connectivity index (χ3v) is 6.78. The fourth-order valence-electron chi connectivity index (χ4n) is 4.15. The summed E-state index contributed by atoms with van der Waals surface area (Å²) >= 11 is 0. The third kappa shape index (κ3) is 8.96. The lowest BCUT2D eigenvalue weighted by atomic mass is 9.95. The first-order valence-electron chi connectivity index (χ1n) is 12.4. The molecule has 0 saturated carbocycles. The van der Waals surface area contributed by atoms with Gasteiger partial charge in [0.2, 0.25) is 0 Å². The molecular weight excluding hydrogens is 473 g/mol. The number of nitriles is 1. The van der Waals surface area contributed by atoms with Gasteiger partial charge in [-0.1, -0.05) is 32.0 Å². The normalized spacial score (nSPS) is 11.6. The molecule has 3 rings (SSSR count). The number of hydrogen-bond acceptors (Lipinski definition) is 5. The molecule has 0 aliphatic heterocycles. The van der Waals surface area contributed by atoms with E-state index >= 15 is 0 Å². The van der Waals surface area contributed by atoms with Gasteiger partial charge in [0.15, 0.2) is 0 Å². The van der Waals surface area contributed by atoms with Crippen molar-refractivity contribution in [2.24, 2.45) is 5.92 Å². The van der Waals surface area contributed by atoms with Crippen molar-refractivity contribution >= 4 is 13.3 Å². The lowest BCUT2D eigenvalue weighted by Gasteiger charge is -2.14. The highest BCUT2D eigenvalue weighted by atomic mass is 31.2. The molecule has 192 valence electrons. The minimum atomic E-state index is -3.95. The van der Waals surface area contributed by atoms with E-state index in [1.165, 1.54) is 5.56 Å². The number of aryl methyl sites for hydroxylation is 1. The van der Waals surface area contributed by atoms with Crippen LogP contribution in [0.1, 0.15) is 48.9 Å². The largest absolute Gasteiger partial charge is 0.464 e. The van der Waals surface area contributed by atoms with E-state index in [9.17, 15) is 9.83 Å². The first kappa shape index (κ1) is 27.7. The molecule has 7 nitrogen and oxygen atoms in total. The Hall–Kier alpha value is -2.88. The van der Waals surface area contributed by atoms with Gasteiger partial charge in [-0.2, -0.15) is 5.26 Å². The molecule has 0 fully saturated rings. The number of benzene rings is 2. The van der Waals surface area contributed by atoms with Gasteiger partial charge in [-0.3, -0.25) is 4.57 Å². The van der Waals surface area contributed by atoms with Crippen molar-refractivity contribution < 1.29 is 18.8 Å². The Labute approximate surface area is 213 Å². The highest BCUT2D eigenvalue weighted by molar-refractivity contribution is 7.51. The Morgan fingerprint density at radius 1 is 1.06 bits per heavy atom. The van der Waals surface area contributed by atoms with E-state index in [4.69, 9.17) is 14.2 Å². The van der Waals surface area contributed by atoms with Crippen LogP contribution in [0.25, 0.3) is 11.3 Å². The summed E-state index contributed by atoms with van der Waals surface area (Å²) in [5.74, 6) is 1.30. The van der Waals surface area contributed by atoms with Gasteiger partial charge in [0, 0.05) is 24.3 Å². The molecule has 0 unspecified atom stereocenters. The van der Waals surface area contributed by atoms with Crippen LogP contribution >= 0.6 is 7.60 Å². The van der Waals surface area contributed by atoms with Gasteiger partial charge in [-0.15, -0.1) is 0 Å². The summed E-state index contributed by atoms with van der Waals surface area (Å²) in [5.41, 5.74) is 6.09. The first-order chi connectivity index (χ1) is 17.2. The van der Waals surface area contributed by atoms with Crippen LogP contribution in [0.4, 0.5) is 5.69 Å². The average Bonchev–Trinajstić information content (AvgIpc) is 3.36. The molecule has 0 spiro atoms. The van der Waals surface area contributed by atoms with Crippen LogP contribution in [0.3, 0.4) is 0 Å². The zero-order chi connectivity index (χ0) is 26.0. The van der Waals surface area contributed by atoms with Crippen molar-refractivity contribution in [2.45, 2.75) is 46.1 Å². The van der Waals surface area contributed by atoms with Crippen molar-refractivity contribution in [2.75, 3.05) is 24.6 Å². The van der Waals surface area contributed by atoms with Crippen LogP contribution in [0.2, 0.25) is 0 Å². The van der Waals surface area contributed by atoms with Crippen LogP contribution < -0.4 is 10.6 Å². The van der Waals surface area contributed by atoms with Crippen LogP contribution in [0.15, 0.2) is 59.2 Å². The van der Waals surface area contributed by atoms with Crippen LogP contribution in [-0.4, -0.2) is 29.0 Å². The number of nitrogens with zero attached hydrogens (tertiary/aromatic N) is 1. The van der Waals surface area contributed by atoms with Crippen molar-refractivity contribution in [1.29, 1.82) is 5.26 Å². The topological polar surface area (TPSA) is 119 Å². The summed E-state index contributed by atoms with van der Waals surface area (Å²) in [6.07, 6.45) is 4.69. The molecule has 0 amide bonds. The summed E-state index contributed by atoms with van der Waals surface area (Å²) in [4.78, 5) is 18.0. The average molecular weight is 510 g/mol. The highest BCUT2D eigenvalue weighted by Gasteiger charge is 2.12.